The Labute approximate surface area is 196 Å². The van der Waals surface area contributed by atoms with Gasteiger partial charge in [0.15, 0.2) is 23.0 Å². The van der Waals surface area contributed by atoms with E-state index in [2.05, 4.69) is 0 Å². The molecule has 188 valence electrons. The minimum atomic E-state index is -4.47. The molecule has 12 nitrogen and oxygen atoms in total. The van der Waals surface area contributed by atoms with Gasteiger partial charge in [0.2, 0.25) is 11.5 Å². The largest absolute Gasteiger partial charge is 0.504 e. The van der Waals surface area contributed by atoms with Gasteiger partial charge in [-0.25, -0.2) is 0 Å². The van der Waals surface area contributed by atoms with Crippen LogP contribution in [0, 0.1) is 0 Å². The first-order valence-corrected chi connectivity index (χ1v) is 13.1. The van der Waals surface area contributed by atoms with E-state index in [1.165, 1.54) is 26.4 Å². The van der Waals surface area contributed by atoms with Gasteiger partial charge in [0, 0.05) is 18.1 Å². The number of rotatable bonds is 12. The molecule has 1 atom stereocenters. The van der Waals surface area contributed by atoms with Crippen molar-refractivity contribution in [1.82, 2.24) is 0 Å². The molecule has 1 unspecified atom stereocenters. The highest BCUT2D eigenvalue weighted by Gasteiger charge is 2.32. The number of para-hydroxylation sites is 1. The van der Waals surface area contributed by atoms with Crippen LogP contribution in [-0.4, -0.2) is 62.9 Å². The molecule has 0 aromatic heterocycles. The van der Waals surface area contributed by atoms with Crippen molar-refractivity contribution in [2.75, 3.05) is 25.7 Å². The summed E-state index contributed by atoms with van der Waals surface area (Å²) >= 11 is 0. The summed E-state index contributed by atoms with van der Waals surface area (Å²) in [5.74, 6) is -0.886. The van der Waals surface area contributed by atoms with E-state index in [1.807, 2.05) is 0 Å². The van der Waals surface area contributed by atoms with Crippen molar-refractivity contribution in [1.29, 1.82) is 0 Å². The highest BCUT2D eigenvalue weighted by atomic mass is 32.2. The van der Waals surface area contributed by atoms with Crippen molar-refractivity contribution in [2.45, 2.75) is 25.4 Å². The van der Waals surface area contributed by atoms with Gasteiger partial charge in [-0.05, 0) is 18.9 Å². The summed E-state index contributed by atoms with van der Waals surface area (Å²) in [5.41, 5.74) is 0.793. The van der Waals surface area contributed by atoms with E-state index in [-0.39, 0.29) is 53.8 Å². The van der Waals surface area contributed by atoms with Gasteiger partial charge in [-0.3, -0.25) is 18.9 Å². The summed E-state index contributed by atoms with van der Waals surface area (Å²) in [5, 5.41) is 10.4. The minimum absolute atomic E-state index is 0.0413. The summed E-state index contributed by atoms with van der Waals surface area (Å²) in [4.78, 5) is 10.3. The van der Waals surface area contributed by atoms with Crippen LogP contribution in [0.1, 0.15) is 17.5 Å². The Kier molecular flexibility index (Phi) is 7.65. The number of phenolic OH excluding ortho intramolecular Hbond substituents is 1. The van der Waals surface area contributed by atoms with E-state index < -0.39 is 37.8 Å². The van der Waals surface area contributed by atoms with Crippen LogP contribution in [0.25, 0.3) is 0 Å². The summed E-state index contributed by atoms with van der Waals surface area (Å²) < 4.78 is 79.8. The second-order valence-electron chi connectivity index (χ2n) is 7.43. The zero-order valence-corrected chi connectivity index (χ0v) is 19.9. The van der Waals surface area contributed by atoms with E-state index in [1.54, 1.807) is 12.1 Å². The quantitative estimate of drug-likeness (QED) is 0.274. The third kappa shape index (κ3) is 6.34. The number of methoxy groups -OCH3 is 2. The summed E-state index contributed by atoms with van der Waals surface area (Å²) in [6, 6.07) is 6.05. The highest BCUT2D eigenvalue weighted by molar-refractivity contribution is 7.86. The minimum Gasteiger partial charge on any atom is -0.504 e. The van der Waals surface area contributed by atoms with E-state index >= 15 is 0 Å². The standard InChI is InChI=1S/C20H24O12S2/c1-28-15-7-3-5-12(18(15)21)9-13(11-34(25,26)27)30-17-10-16-14(6-4-8-33(22,23)24)19(32-31-16)20(17)29-2/h3,5,7,10,13,21H,4,6,8-9,11H2,1-2H3,(H,22,23,24)(H,25,26,27). The highest BCUT2D eigenvalue weighted by Crippen LogP contribution is 2.50. The van der Waals surface area contributed by atoms with E-state index in [9.17, 15) is 26.5 Å². The predicted octanol–water partition coefficient (Wildman–Crippen LogP) is 1.79. The van der Waals surface area contributed by atoms with Gasteiger partial charge in [-0.2, -0.15) is 16.8 Å². The molecule has 3 N–H and O–H groups in total. The van der Waals surface area contributed by atoms with Gasteiger partial charge in [0.05, 0.1) is 25.5 Å². The lowest BCUT2D eigenvalue weighted by molar-refractivity contribution is -0.0860. The average Bonchev–Trinajstić information content (AvgIpc) is 3.00. The van der Waals surface area contributed by atoms with Gasteiger partial charge in [-0.1, -0.05) is 12.1 Å². The second-order valence-corrected chi connectivity index (χ2v) is 10.5. The van der Waals surface area contributed by atoms with Gasteiger partial charge in [-0.15, -0.1) is 0 Å². The van der Waals surface area contributed by atoms with Crippen molar-refractivity contribution in [3.63, 3.8) is 0 Å². The molecular formula is C20H24O12S2. The molecule has 14 heteroatoms. The van der Waals surface area contributed by atoms with Gasteiger partial charge >= 0.3 is 0 Å². The molecule has 1 aliphatic rings. The molecule has 2 bridgehead atoms. The Bertz CT molecular complexity index is 1250. The summed E-state index contributed by atoms with van der Waals surface area (Å²) in [7, 11) is -5.93. The zero-order valence-electron chi connectivity index (χ0n) is 18.3. The van der Waals surface area contributed by atoms with E-state index in [0.29, 0.717) is 11.1 Å². The average molecular weight is 521 g/mol. The lowest BCUT2D eigenvalue weighted by Crippen LogP contribution is -2.29. The van der Waals surface area contributed by atoms with Crippen LogP contribution in [0.2, 0.25) is 0 Å². The fourth-order valence-electron chi connectivity index (χ4n) is 3.52. The third-order valence-electron chi connectivity index (χ3n) is 4.95. The van der Waals surface area contributed by atoms with Crippen LogP contribution in [0.5, 0.6) is 34.5 Å². The second kappa shape index (κ2) is 10.1. The van der Waals surface area contributed by atoms with Gasteiger partial charge in [0.25, 0.3) is 20.2 Å². The number of benzene rings is 2. The van der Waals surface area contributed by atoms with Crippen molar-refractivity contribution in [3.05, 3.63) is 35.4 Å². The first kappa shape index (κ1) is 25.7. The maximum absolute atomic E-state index is 11.6. The molecule has 1 aliphatic heterocycles. The van der Waals surface area contributed by atoms with Crippen LogP contribution in [0.3, 0.4) is 0 Å². The maximum Gasteiger partial charge on any atom is 0.268 e. The van der Waals surface area contributed by atoms with Crippen molar-refractivity contribution >= 4 is 20.2 Å². The lowest BCUT2D eigenvalue weighted by Gasteiger charge is -2.20. The van der Waals surface area contributed by atoms with Crippen LogP contribution >= 0.6 is 0 Å². The molecular weight excluding hydrogens is 496 g/mol. The Balaban J connectivity index is 1.91. The molecule has 34 heavy (non-hydrogen) atoms. The molecule has 0 aliphatic carbocycles. The van der Waals surface area contributed by atoms with Gasteiger partial charge < -0.3 is 19.3 Å². The predicted molar refractivity (Wildman–Crippen MR) is 118 cm³/mol. The molecule has 0 amide bonds. The fraction of sp³-hybridized carbons (Fsp3) is 0.400. The molecule has 0 fully saturated rings. The first-order chi connectivity index (χ1) is 15.9. The maximum atomic E-state index is 11.6. The molecule has 2 aromatic carbocycles. The van der Waals surface area contributed by atoms with E-state index in [0.717, 1.165) is 0 Å². The monoisotopic (exact) mass is 520 g/mol. The Morgan fingerprint density at radius 3 is 2.35 bits per heavy atom. The van der Waals surface area contributed by atoms with Crippen LogP contribution < -0.4 is 24.0 Å². The molecule has 2 aromatic rings. The molecule has 0 saturated carbocycles. The molecule has 0 radical (unpaired) electrons. The van der Waals surface area contributed by atoms with Crippen LogP contribution in [0.4, 0.5) is 0 Å². The van der Waals surface area contributed by atoms with Crippen molar-refractivity contribution in [2.24, 2.45) is 0 Å². The number of ether oxygens (including phenoxy) is 3. The topological polar surface area (TPSA) is 175 Å². The number of hydrogen-bond acceptors (Lipinski definition) is 10. The number of fused-ring (bicyclic) bond motifs is 2. The SMILES string of the molecule is COc1cccc(CC(CS(=O)(=O)O)Oc2cc3c(CCCS(=O)(=O)O)c(c2OC)OO3)c1O. The summed E-state index contributed by atoms with van der Waals surface area (Å²) in [6.07, 6.45) is -1.03. The zero-order chi connectivity index (χ0) is 25.1. The van der Waals surface area contributed by atoms with Crippen LogP contribution in [-0.2, 0) is 33.1 Å². The van der Waals surface area contributed by atoms with E-state index in [4.69, 9.17) is 28.5 Å². The van der Waals surface area contributed by atoms with Crippen molar-refractivity contribution in [3.8, 4) is 34.5 Å². The van der Waals surface area contributed by atoms with Crippen LogP contribution in [0.15, 0.2) is 24.3 Å². The number of hydrogen-bond donors (Lipinski definition) is 3. The first-order valence-electron chi connectivity index (χ1n) is 9.92. The Morgan fingerprint density at radius 2 is 1.74 bits per heavy atom. The Morgan fingerprint density at radius 1 is 1.00 bits per heavy atom. The molecule has 3 rings (SSSR count). The number of phenols is 1. The number of aromatic hydroxyl groups is 1. The molecule has 0 saturated heterocycles. The Hall–Kier alpha value is -2.94. The normalized spacial score (nSPS) is 13.6. The molecule has 0 spiro atoms. The molecule has 1 heterocycles. The smallest absolute Gasteiger partial charge is 0.268 e. The fourth-order valence-corrected chi connectivity index (χ4v) is 4.69. The lowest BCUT2D eigenvalue weighted by atomic mass is 10.1. The van der Waals surface area contributed by atoms with Crippen molar-refractivity contribution < 1.29 is 55.0 Å². The van der Waals surface area contributed by atoms with Gasteiger partial charge in [0.1, 0.15) is 11.9 Å². The third-order valence-corrected chi connectivity index (χ3v) is 6.55. The summed E-state index contributed by atoms with van der Waals surface area (Å²) in [6.45, 7) is 0.